The number of amides is 1. The van der Waals surface area contributed by atoms with Gasteiger partial charge in [-0.1, -0.05) is 43.5 Å². The Morgan fingerprint density at radius 3 is 2.68 bits per heavy atom. The van der Waals surface area contributed by atoms with Crippen LogP contribution in [0.2, 0.25) is 5.02 Å². The van der Waals surface area contributed by atoms with E-state index in [1.54, 1.807) is 17.0 Å². The van der Waals surface area contributed by atoms with Crippen LogP contribution >= 0.6 is 11.6 Å². The van der Waals surface area contributed by atoms with Crippen LogP contribution in [-0.2, 0) is 0 Å². The van der Waals surface area contributed by atoms with Crippen LogP contribution in [0.1, 0.15) is 44.6 Å². The minimum atomic E-state index is -0.597. The Labute approximate surface area is 151 Å². The Balaban J connectivity index is 1.97. The maximum atomic E-state index is 12.9. The van der Waals surface area contributed by atoms with E-state index in [2.05, 4.69) is 10.4 Å². The largest absolute Gasteiger partial charge is 0.377 e. The van der Waals surface area contributed by atoms with Crippen molar-refractivity contribution in [2.45, 2.75) is 52.0 Å². The minimum absolute atomic E-state index is 0.173. The number of para-hydroxylation sites is 1. The average molecular weight is 364 g/mol. The topological polar surface area (TPSA) is 73.0 Å². The van der Waals surface area contributed by atoms with Crippen LogP contribution in [0.5, 0.6) is 0 Å². The highest BCUT2D eigenvalue weighted by atomic mass is 35.5. The number of benzene rings is 1. The lowest BCUT2D eigenvalue weighted by molar-refractivity contribution is 0.172. The molecule has 0 aliphatic heterocycles. The number of halogens is 1. The first-order valence-electron chi connectivity index (χ1n) is 8.66. The quantitative estimate of drug-likeness (QED) is 0.783. The molecule has 1 fully saturated rings. The highest BCUT2D eigenvalue weighted by Gasteiger charge is 2.29. The Hall–Kier alpha value is -2.15. The Kier molecular flexibility index (Phi) is 5.22. The van der Waals surface area contributed by atoms with Gasteiger partial charge in [0.1, 0.15) is 0 Å². The second-order valence-corrected chi connectivity index (χ2v) is 6.81. The van der Waals surface area contributed by atoms with Crippen LogP contribution in [0.4, 0.5) is 4.79 Å². The Bertz CT molecular complexity index is 802. The van der Waals surface area contributed by atoms with Crippen molar-refractivity contribution in [1.29, 1.82) is 0 Å². The zero-order valence-electron chi connectivity index (χ0n) is 14.5. The van der Waals surface area contributed by atoms with Gasteiger partial charge in [0, 0.05) is 12.6 Å². The summed E-state index contributed by atoms with van der Waals surface area (Å²) in [5, 5.41) is 8.09. The summed E-state index contributed by atoms with van der Waals surface area (Å²) in [7, 11) is 0. The molecule has 0 bridgehead atoms. The summed E-state index contributed by atoms with van der Waals surface area (Å²) in [6.45, 7) is 4.45. The fourth-order valence-corrected chi connectivity index (χ4v) is 3.71. The van der Waals surface area contributed by atoms with Gasteiger partial charge in [-0.15, -0.1) is 4.68 Å². The van der Waals surface area contributed by atoms with E-state index >= 15 is 0 Å². The van der Waals surface area contributed by atoms with Crippen molar-refractivity contribution in [3.05, 3.63) is 39.3 Å². The molecule has 0 radical (unpaired) electrons. The van der Waals surface area contributed by atoms with Crippen LogP contribution in [-0.4, -0.2) is 43.3 Å². The maximum Gasteiger partial charge on any atom is 0.377 e. The molecular weight excluding hydrogens is 342 g/mol. The third-order valence-corrected chi connectivity index (χ3v) is 4.94. The van der Waals surface area contributed by atoms with Gasteiger partial charge in [0.25, 0.3) is 0 Å². The number of aryl methyl sites for hydroxylation is 1. The van der Waals surface area contributed by atoms with E-state index in [-0.39, 0.29) is 6.04 Å². The molecule has 0 unspecified atom stereocenters. The van der Waals surface area contributed by atoms with E-state index in [0.29, 0.717) is 17.3 Å². The molecule has 0 spiro atoms. The second-order valence-electron chi connectivity index (χ2n) is 6.40. The fraction of sp³-hybridized carbons (Fsp3) is 0.529. The summed E-state index contributed by atoms with van der Waals surface area (Å²) >= 11 is 6.21. The van der Waals surface area contributed by atoms with E-state index in [4.69, 9.17) is 11.6 Å². The highest BCUT2D eigenvalue weighted by molar-refractivity contribution is 6.32. The van der Waals surface area contributed by atoms with Crippen molar-refractivity contribution >= 4 is 17.6 Å². The van der Waals surface area contributed by atoms with Crippen LogP contribution in [0.15, 0.2) is 23.0 Å². The van der Waals surface area contributed by atoms with E-state index in [9.17, 15) is 9.59 Å². The van der Waals surface area contributed by atoms with Crippen molar-refractivity contribution in [2.24, 2.45) is 0 Å². The monoisotopic (exact) mass is 363 g/mol. The number of aromatic nitrogens is 4. The summed E-state index contributed by atoms with van der Waals surface area (Å²) in [6.07, 6.45) is 4.99. The SMILES string of the molecule is CCCN(C(=O)n1nnn(-c2c(C)cccc2Cl)c1=O)C1CCCC1. The van der Waals surface area contributed by atoms with Crippen molar-refractivity contribution < 1.29 is 4.79 Å². The highest BCUT2D eigenvalue weighted by Crippen LogP contribution is 2.24. The zero-order valence-corrected chi connectivity index (χ0v) is 15.2. The molecular formula is C17H22ClN5O2. The van der Waals surface area contributed by atoms with Crippen LogP contribution in [0.3, 0.4) is 0 Å². The predicted molar refractivity (Wildman–Crippen MR) is 95.4 cm³/mol. The maximum absolute atomic E-state index is 12.9. The van der Waals surface area contributed by atoms with Crippen LogP contribution < -0.4 is 5.69 Å². The van der Waals surface area contributed by atoms with Crippen molar-refractivity contribution in [3.63, 3.8) is 0 Å². The molecule has 1 aliphatic carbocycles. The first-order chi connectivity index (χ1) is 12.0. The molecule has 7 nitrogen and oxygen atoms in total. The van der Waals surface area contributed by atoms with Crippen molar-refractivity contribution in [2.75, 3.05) is 6.54 Å². The third kappa shape index (κ3) is 3.33. The van der Waals surface area contributed by atoms with Gasteiger partial charge in [0.05, 0.1) is 10.7 Å². The molecule has 0 atom stereocenters. The molecule has 1 aromatic heterocycles. The fourth-order valence-electron chi connectivity index (χ4n) is 3.41. The number of carbonyl (C=O) groups excluding carboxylic acids is 1. The van der Waals surface area contributed by atoms with Gasteiger partial charge in [-0.05, 0) is 48.2 Å². The van der Waals surface area contributed by atoms with Crippen LogP contribution in [0.25, 0.3) is 5.69 Å². The summed E-state index contributed by atoms with van der Waals surface area (Å²) in [5.74, 6) is 0. The number of hydrogen-bond donors (Lipinski definition) is 0. The second kappa shape index (κ2) is 7.39. The minimum Gasteiger partial charge on any atom is -0.320 e. The van der Waals surface area contributed by atoms with Crippen LogP contribution in [0, 0.1) is 6.92 Å². The molecule has 1 amide bonds. The third-order valence-electron chi connectivity index (χ3n) is 4.64. The van der Waals surface area contributed by atoms with Gasteiger partial charge in [-0.3, -0.25) is 0 Å². The summed E-state index contributed by atoms with van der Waals surface area (Å²) in [6, 6.07) is 5.07. The number of carbonyl (C=O) groups is 1. The molecule has 2 aromatic rings. The summed E-state index contributed by atoms with van der Waals surface area (Å²) < 4.78 is 1.94. The molecule has 1 saturated carbocycles. The Morgan fingerprint density at radius 1 is 1.32 bits per heavy atom. The van der Waals surface area contributed by atoms with Gasteiger partial charge in [0.2, 0.25) is 0 Å². The lowest BCUT2D eigenvalue weighted by Crippen LogP contribution is -2.45. The summed E-state index contributed by atoms with van der Waals surface area (Å²) in [4.78, 5) is 27.4. The van der Waals surface area contributed by atoms with Gasteiger partial charge in [0.15, 0.2) is 0 Å². The van der Waals surface area contributed by atoms with Crippen molar-refractivity contribution in [3.8, 4) is 5.69 Å². The average Bonchev–Trinajstić information content (AvgIpc) is 3.23. The molecule has 0 saturated heterocycles. The number of nitrogens with zero attached hydrogens (tertiary/aromatic N) is 5. The van der Waals surface area contributed by atoms with E-state index in [0.717, 1.165) is 47.0 Å². The first kappa shape index (κ1) is 17.7. The predicted octanol–water partition coefficient (Wildman–Crippen LogP) is 3.01. The molecule has 1 heterocycles. The van der Waals surface area contributed by atoms with E-state index in [1.807, 2.05) is 19.9 Å². The van der Waals surface area contributed by atoms with Gasteiger partial charge in [-0.2, -0.15) is 4.68 Å². The molecule has 3 rings (SSSR count). The Morgan fingerprint density at radius 2 is 2.04 bits per heavy atom. The number of rotatable bonds is 4. The number of hydrogen-bond acceptors (Lipinski definition) is 4. The standard InChI is InChI=1S/C17H22ClN5O2/c1-3-11-21(13-8-4-5-9-13)16(24)23-17(25)22(19-20-23)15-12(2)7-6-10-14(15)18/h6-7,10,13H,3-5,8-9,11H2,1-2H3. The van der Waals surface area contributed by atoms with Gasteiger partial charge < -0.3 is 4.90 Å². The first-order valence-corrected chi connectivity index (χ1v) is 9.04. The van der Waals surface area contributed by atoms with Gasteiger partial charge in [-0.25, -0.2) is 9.59 Å². The molecule has 1 aliphatic rings. The van der Waals surface area contributed by atoms with E-state index in [1.165, 1.54) is 0 Å². The molecule has 25 heavy (non-hydrogen) atoms. The molecule has 0 N–H and O–H groups in total. The zero-order chi connectivity index (χ0) is 18.0. The van der Waals surface area contributed by atoms with E-state index < -0.39 is 11.7 Å². The van der Waals surface area contributed by atoms with Gasteiger partial charge >= 0.3 is 11.7 Å². The molecule has 8 heteroatoms. The lowest BCUT2D eigenvalue weighted by Gasteiger charge is -2.27. The smallest absolute Gasteiger partial charge is 0.320 e. The summed E-state index contributed by atoms with van der Waals surface area (Å²) in [5.41, 5.74) is 0.645. The lowest BCUT2D eigenvalue weighted by atomic mass is 10.2. The number of tetrazole rings is 1. The molecule has 1 aromatic carbocycles. The molecule has 134 valence electrons. The van der Waals surface area contributed by atoms with Crippen molar-refractivity contribution in [1.82, 2.24) is 24.7 Å². The normalized spacial score (nSPS) is 14.8.